The highest BCUT2D eigenvalue weighted by atomic mass is 35.5. The second-order valence-corrected chi connectivity index (χ2v) is 9.82. The molecule has 0 unspecified atom stereocenters. The van der Waals surface area contributed by atoms with Crippen LogP contribution in [0.3, 0.4) is 0 Å². The first-order chi connectivity index (χ1) is 15.1. The van der Waals surface area contributed by atoms with E-state index in [4.69, 9.17) is 11.6 Å². The molecule has 2 rings (SSSR count). The maximum atomic E-state index is 13.5. The molecule has 0 aliphatic heterocycles. The Labute approximate surface area is 196 Å². The second kappa shape index (κ2) is 9.89. The molecule has 2 aromatic rings. The molecule has 0 saturated carbocycles. The van der Waals surface area contributed by atoms with Gasteiger partial charge in [0.05, 0.1) is 5.69 Å². The van der Waals surface area contributed by atoms with E-state index in [0.717, 1.165) is 15.8 Å². The Balaban J connectivity index is 2.75. The fourth-order valence-electron chi connectivity index (χ4n) is 3.29. The van der Waals surface area contributed by atoms with Crippen LogP contribution < -0.4 is 4.18 Å². The number of hydrogen-bond donors (Lipinski definition) is 0. The van der Waals surface area contributed by atoms with Crippen molar-refractivity contribution < 1.29 is 30.6 Å². The molecule has 0 spiro atoms. The van der Waals surface area contributed by atoms with Crippen molar-refractivity contribution in [3.8, 4) is 5.88 Å². The van der Waals surface area contributed by atoms with Crippen LogP contribution in [0.2, 0.25) is 5.02 Å². The number of carbonyl (C=O) groups is 1. The average molecular weight is 507 g/mol. The van der Waals surface area contributed by atoms with Gasteiger partial charge in [0.1, 0.15) is 5.56 Å². The summed E-state index contributed by atoms with van der Waals surface area (Å²) in [5.41, 5.74) is -2.84. The van der Waals surface area contributed by atoms with Gasteiger partial charge in [-0.15, -0.1) is 0 Å². The summed E-state index contributed by atoms with van der Waals surface area (Å²) < 4.78 is 68.1. The number of ketones is 1. The Morgan fingerprint density at radius 3 is 2.27 bits per heavy atom. The monoisotopic (exact) mass is 506 g/mol. The molecule has 0 aliphatic carbocycles. The zero-order valence-corrected chi connectivity index (χ0v) is 20.8. The largest absolute Gasteiger partial charge is 0.534 e. The highest BCUT2D eigenvalue weighted by Crippen LogP contribution is 2.36. The van der Waals surface area contributed by atoms with E-state index in [2.05, 4.69) is 9.28 Å². The zero-order chi connectivity index (χ0) is 25.3. The number of alkyl halides is 3. The van der Waals surface area contributed by atoms with E-state index in [-0.39, 0.29) is 23.4 Å². The highest BCUT2D eigenvalue weighted by Gasteiger charge is 2.50. The van der Waals surface area contributed by atoms with Crippen molar-refractivity contribution in [3.05, 3.63) is 50.7 Å². The molecule has 0 fully saturated rings. The number of carbonyl (C=O) groups excluding carboxylic acids is 1. The molecule has 0 aliphatic rings. The third kappa shape index (κ3) is 5.43. The van der Waals surface area contributed by atoms with Gasteiger partial charge in [0.25, 0.3) is 0 Å². The summed E-state index contributed by atoms with van der Waals surface area (Å²) in [5.74, 6) is -1.46. The van der Waals surface area contributed by atoms with Crippen molar-refractivity contribution in [2.45, 2.75) is 66.4 Å². The van der Waals surface area contributed by atoms with Gasteiger partial charge in [-0.2, -0.15) is 26.7 Å². The molecule has 1 aromatic carbocycles. The lowest BCUT2D eigenvalue weighted by Gasteiger charge is -2.16. The van der Waals surface area contributed by atoms with Crippen molar-refractivity contribution in [1.29, 1.82) is 0 Å². The standard InChI is InChI=1S/C22H26ClF3N2O4S/c1-7-8-11-28-21(32-33(30,31)22(24,25)26)19(15(6)27-28)20(29)16-9-10-17(23)18(14(16)5)13(4)12(2)3/h9-10H,7-8,11H2,1-6H3. The van der Waals surface area contributed by atoms with Gasteiger partial charge in [0.15, 0.2) is 0 Å². The number of rotatable bonds is 8. The fraction of sp³-hybridized carbons (Fsp3) is 0.455. The first-order valence-electron chi connectivity index (χ1n) is 10.2. The van der Waals surface area contributed by atoms with E-state index in [9.17, 15) is 26.4 Å². The van der Waals surface area contributed by atoms with Crippen LogP contribution in [0.15, 0.2) is 17.7 Å². The number of benzene rings is 1. The van der Waals surface area contributed by atoms with E-state index >= 15 is 0 Å². The van der Waals surface area contributed by atoms with Crippen LogP contribution in [0.25, 0.3) is 5.57 Å². The third-order valence-corrected chi connectivity index (χ3v) is 6.55. The molecule has 11 heteroatoms. The van der Waals surface area contributed by atoms with Crippen molar-refractivity contribution in [1.82, 2.24) is 9.78 Å². The summed E-state index contributed by atoms with van der Waals surface area (Å²) in [6, 6.07) is 2.97. The molecule has 0 atom stereocenters. The number of aryl methyl sites for hydroxylation is 2. The summed E-state index contributed by atoms with van der Waals surface area (Å²) >= 11 is 6.36. The van der Waals surface area contributed by atoms with Gasteiger partial charge in [-0.1, -0.05) is 30.5 Å². The van der Waals surface area contributed by atoms with Crippen LogP contribution in [-0.4, -0.2) is 29.5 Å². The van der Waals surface area contributed by atoms with E-state index < -0.39 is 27.3 Å². The summed E-state index contributed by atoms with van der Waals surface area (Å²) in [4.78, 5) is 13.5. The summed E-state index contributed by atoms with van der Waals surface area (Å²) in [5, 5.41) is 4.51. The van der Waals surface area contributed by atoms with Crippen LogP contribution in [0.5, 0.6) is 5.88 Å². The molecule has 6 nitrogen and oxygen atoms in total. The molecule has 0 amide bonds. The molecule has 0 N–H and O–H groups in total. The zero-order valence-electron chi connectivity index (χ0n) is 19.2. The van der Waals surface area contributed by atoms with E-state index in [1.807, 2.05) is 27.7 Å². The minimum atomic E-state index is -6.01. The van der Waals surface area contributed by atoms with Crippen LogP contribution in [-0.2, 0) is 16.7 Å². The number of nitrogens with zero attached hydrogens (tertiary/aromatic N) is 2. The number of halogens is 4. The van der Waals surface area contributed by atoms with Crippen LogP contribution in [0, 0.1) is 13.8 Å². The fourth-order valence-corrected chi connectivity index (χ4v) is 4.10. The second-order valence-electron chi connectivity index (χ2n) is 7.87. The van der Waals surface area contributed by atoms with Gasteiger partial charge in [0.2, 0.25) is 11.7 Å². The predicted molar refractivity (Wildman–Crippen MR) is 121 cm³/mol. The van der Waals surface area contributed by atoms with Gasteiger partial charge in [0, 0.05) is 17.1 Å². The predicted octanol–water partition coefficient (Wildman–Crippen LogP) is 6.23. The summed E-state index contributed by atoms with van der Waals surface area (Å²) in [7, 11) is -6.01. The lowest BCUT2D eigenvalue weighted by Crippen LogP contribution is -2.29. The Bertz CT molecular complexity index is 1210. The number of hydrogen-bond acceptors (Lipinski definition) is 5. The van der Waals surface area contributed by atoms with Crippen molar-refractivity contribution in [3.63, 3.8) is 0 Å². The third-order valence-electron chi connectivity index (χ3n) is 5.29. The number of unbranched alkanes of at least 4 members (excludes halogenated alkanes) is 1. The molecule has 1 heterocycles. The molecule has 182 valence electrons. The molecule has 0 saturated heterocycles. The molecular weight excluding hydrogens is 481 g/mol. The van der Waals surface area contributed by atoms with Gasteiger partial charge >= 0.3 is 15.6 Å². The Morgan fingerprint density at radius 2 is 1.76 bits per heavy atom. The lowest BCUT2D eigenvalue weighted by molar-refractivity contribution is -0.0502. The smallest absolute Gasteiger partial charge is 0.355 e. The van der Waals surface area contributed by atoms with Crippen molar-refractivity contribution in [2.75, 3.05) is 0 Å². The molecule has 0 bridgehead atoms. The van der Waals surface area contributed by atoms with Crippen LogP contribution >= 0.6 is 11.6 Å². The van der Waals surface area contributed by atoms with Gasteiger partial charge < -0.3 is 4.18 Å². The topological polar surface area (TPSA) is 78.3 Å². The van der Waals surface area contributed by atoms with Crippen molar-refractivity contribution >= 4 is 33.1 Å². The maximum absolute atomic E-state index is 13.5. The molecular formula is C22H26ClF3N2O4S. The van der Waals surface area contributed by atoms with Gasteiger partial charge in [-0.05, 0) is 69.9 Å². The SMILES string of the molecule is CCCCn1nc(C)c(C(=O)c2ccc(Cl)c(C(C)=C(C)C)c2C)c1OS(=O)(=O)C(F)(F)F. The van der Waals surface area contributed by atoms with E-state index in [0.29, 0.717) is 29.0 Å². The average Bonchev–Trinajstić information content (AvgIpc) is 2.99. The maximum Gasteiger partial charge on any atom is 0.534 e. The van der Waals surface area contributed by atoms with Crippen molar-refractivity contribution in [2.24, 2.45) is 0 Å². The Hall–Kier alpha value is -2.33. The minimum Gasteiger partial charge on any atom is -0.355 e. The van der Waals surface area contributed by atoms with Gasteiger partial charge in [-0.25, -0.2) is 4.68 Å². The number of allylic oxidation sites excluding steroid dienone is 2. The quantitative estimate of drug-likeness (QED) is 0.241. The molecule has 33 heavy (non-hydrogen) atoms. The molecule has 1 aromatic heterocycles. The Morgan fingerprint density at radius 1 is 1.15 bits per heavy atom. The van der Waals surface area contributed by atoms with Gasteiger partial charge in [-0.3, -0.25) is 4.79 Å². The summed E-state index contributed by atoms with van der Waals surface area (Å²) in [6.45, 7) is 10.6. The number of aromatic nitrogens is 2. The first kappa shape index (κ1) is 26.9. The van der Waals surface area contributed by atoms with Crippen LogP contribution in [0.4, 0.5) is 13.2 Å². The van der Waals surface area contributed by atoms with E-state index in [1.54, 1.807) is 6.92 Å². The highest BCUT2D eigenvalue weighted by molar-refractivity contribution is 7.88. The Kier molecular flexibility index (Phi) is 8.06. The lowest BCUT2D eigenvalue weighted by atomic mass is 9.91. The van der Waals surface area contributed by atoms with E-state index in [1.165, 1.54) is 19.1 Å². The minimum absolute atomic E-state index is 0.0540. The summed E-state index contributed by atoms with van der Waals surface area (Å²) in [6.07, 6.45) is 1.15. The first-order valence-corrected chi connectivity index (χ1v) is 12.0. The molecule has 0 radical (unpaired) electrons. The van der Waals surface area contributed by atoms with Crippen LogP contribution in [0.1, 0.15) is 73.3 Å². The normalized spacial score (nSPS) is 12.1.